The maximum absolute atomic E-state index is 6.16. The maximum Gasteiger partial charge on any atom is 0.137 e. The van der Waals surface area contributed by atoms with Gasteiger partial charge in [-0.3, -0.25) is 14.3 Å². The Balaban J connectivity index is 1.36. The van der Waals surface area contributed by atoms with E-state index in [9.17, 15) is 0 Å². The Kier molecular flexibility index (Phi) is 6.41. The summed E-state index contributed by atoms with van der Waals surface area (Å²) in [5, 5.41) is 9.78. The Morgan fingerprint density at radius 3 is 2.83 bits per heavy atom. The van der Waals surface area contributed by atoms with Crippen LogP contribution in [0.15, 0.2) is 36.5 Å². The van der Waals surface area contributed by atoms with Crippen LogP contribution in [0.3, 0.4) is 0 Å². The molecule has 0 aliphatic carbocycles. The topological polar surface area (TPSA) is 57.3 Å². The molecule has 4 rings (SSSR count). The molecule has 3 heterocycles. The molecule has 1 fully saturated rings. The fraction of sp³-hybridized carbons (Fsp3) is 0.455. The van der Waals surface area contributed by atoms with E-state index in [1.807, 2.05) is 47.7 Å². The molecule has 30 heavy (non-hydrogen) atoms. The summed E-state index contributed by atoms with van der Waals surface area (Å²) in [5.41, 5.74) is 4.43. The molecule has 0 saturated carbocycles. The van der Waals surface area contributed by atoms with Gasteiger partial charge < -0.3 is 9.47 Å². The number of halogens is 1. The Morgan fingerprint density at radius 2 is 2.07 bits per heavy atom. The number of benzene rings is 1. The Hall–Kier alpha value is -2.35. The van der Waals surface area contributed by atoms with E-state index in [1.165, 1.54) is 5.56 Å². The van der Waals surface area contributed by atoms with E-state index < -0.39 is 0 Å². The van der Waals surface area contributed by atoms with Gasteiger partial charge in [-0.2, -0.15) is 10.2 Å². The van der Waals surface area contributed by atoms with Gasteiger partial charge in [0.05, 0.1) is 29.6 Å². The normalized spacial score (nSPS) is 17.4. The van der Waals surface area contributed by atoms with Crippen LogP contribution in [0.2, 0.25) is 5.02 Å². The summed E-state index contributed by atoms with van der Waals surface area (Å²) in [6.07, 6.45) is 2.82. The molecule has 0 spiro atoms. The minimum atomic E-state index is -0.0276. The third-order valence-corrected chi connectivity index (χ3v) is 5.75. The molecule has 8 heteroatoms. The van der Waals surface area contributed by atoms with Crippen LogP contribution in [0, 0.1) is 6.92 Å². The van der Waals surface area contributed by atoms with E-state index in [0.717, 1.165) is 43.1 Å². The molecular weight excluding hydrogens is 402 g/mol. The number of morpholine rings is 1. The summed E-state index contributed by atoms with van der Waals surface area (Å²) in [5.74, 6) is 0.707. The second kappa shape index (κ2) is 9.20. The van der Waals surface area contributed by atoms with Crippen LogP contribution in [0.1, 0.15) is 28.7 Å². The second-order valence-corrected chi connectivity index (χ2v) is 8.13. The largest absolute Gasteiger partial charge is 0.492 e. The number of ether oxygens (including phenoxy) is 2. The summed E-state index contributed by atoms with van der Waals surface area (Å²) in [6.45, 7) is 5.91. The number of para-hydroxylation sites is 1. The highest BCUT2D eigenvalue weighted by molar-refractivity contribution is 6.32. The van der Waals surface area contributed by atoms with E-state index in [2.05, 4.69) is 29.2 Å². The van der Waals surface area contributed by atoms with Crippen molar-refractivity contribution >= 4 is 11.6 Å². The molecule has 160 valence electrons. The first kappa shape index (κ1) is 20.9. The molecule has 7 nitrogen and oxygen atoms in total. The zero-order valence-corrected chi connectivity index (χ0v) is 18.5. The van der Waals surface area contributed by atoms with E-state index in [4.69, 9.17) is 26.2 Å². The van der Waals surface area contributed by atoms with Crippen LogP contribution in [0.25, 0.3) is 0 Å². The third-order valence-electron chi connectivity index (χ3n) is 5.44. The van der Waals surface area contributed by atoms with Gasteiger partial charge >= 0.3 is 0 Å². The monoisotopic (exact) mass is 429 g/mol. The maximum atomic E-state index is 6.16. The number of hydrogen-bond donors (Lipinski definition) is 0. The average molecular weight is 430 g/mol. The minimum absolute atomic E-state index is 0.0276. The predicted molar refractivity (Wildman–Crippen MR) is 116 cm³/mol. The highest BCUT2D eigenvalue weighted by Gasteiger charge is 2.25. The molecule has 3 aromatic rings. The van der Waals surface area contributed by atoms with Crippen molar-refractivity contribution in [1.82, 2.24) is 24.5 Å². The van der Waals surface area contributed by atoms with Crippen LogP contribution in [-0.4, -0.2) is 50.8 Å². The van der Waals surface area contributed by atoms with Crippen molar-refractivity contribution in [2.45, 2.75) is 26.0 Å². The quantitative estimate of drug-likeness (QED) is 0.576. The SMILES string of the molecule is Cc1nn(C)cc1CN1CCO[C@H](c2cc(CCOc3ccccc3Cl)n(C)n2)C1. The molecule has 2 aromatic heterocycles. The lowest BCUT2D eigenvalue weighted by molar-refractivity contribution is -0.0352. The first-order chi connectivity index (χ1) is 14.5. The Bertz CT molecular complexity index is 999. The first-order valence-electron chi connectivity index (χ1n) is 10.2. The molecule has 1 aliphatic rings. The van der Waals surface area contributed by atoms with Gasteiger partial charge in [-0.25, -0.2) is 0 Å². The smallest absolute Gasteiger partial charge is 0.137 e. The summed E-state index contributed by atoms with van der Waals surface area (Å²) in [7, 11) is 3.93. The lowest BCUT2D eigenvalue weighted by atomic mass is 10.1. The second-order valence-electron chi connectivity index (χ2n) is 7.72. The van der Waals surface area contributed by atoms with E-state index in [1.54, 1.807) is 0 Å². The van der Waals surface area contributed by atoms with Gasteiger partial charge in [0.2, 0.25) is 0 Å². The number of hydrogen-bond acceptors (Lipinski definition) is 5. The molecule has 0 N–H and O–H groups in total. The minimum Gasteiger partial charge on any atom is -0.492 e. The lowest BCUT2D eigenvalue weighted by Crippen LogP contribution is -2.38. The highest BCUT2D eigenvalue weighted by atomic mass is 35.5. The van der Waals surface area contributed by atoms with Crippen molar-refractivity contribution in [3.63, 3.8) is 0 Å². The molecule has 0 amide bonds. The van der Waals surface area contributed by atoms with Crippen LogP contribution in [0.4, 0.5) is 0 Å². The summed E-state index contributed by atoms with van der Waals surface area (Å²) in [4.78, 5) is 2.41. The third kappa shape index (κ3) is 4.86. The number of rotatable bonds is 7. The molecule has 0 unspecified atom stereocenters. The number of nitrogens with zero attached hydrogens (tertiary/aromatic N) is 5. The van der Waals surface area contributed by atoms with E-state index >= 15 is 0 Å². The van der Waals surface area contributed by atoms with Gasteiger partial charge in [-0.05, 0) is 25.1 Å². The summed E-state index contributed by atoms with van der Waals surface area (Å²) >= 11 is 6.16. The molecular formula is C22H28ClN5O2. The van der Waals surface area contributed by atoms with E-state index in [0.29, 0.717) is 24.0 Å². The standard InChI is InChI=1S/C22H28ClN5O2/c1-16-17(13-26(2)24-16)14-28-9-11-30-22(15-28)20-12-18(27(3)25-20)8-10-29-21-7-5-4-6-19(21)23/h4-7,12-13,22H,8-11,14-15H2,1-3H3/t22-/m0/s1. The fourth-order valence-corrected chi connectivity index (χ4v) is 4.01. The van der Waals surface area contributed by atoms with Gasteiger partial charge in [0.25, 0.3) is 0 Å². The van der Waals surface area contributed by atoms with Crippen LogP contribution in [0.5, 0.6) is 5.75 Å². The summed E-state index contributed by atoms with van der Waals surface area (Å²) in [6, 6.07) is 9.65. The van der Waals surface area contributed by atoms with Crippen molar-refractivity contribution in [3.05, 3.63) is 64.2 Å². The van der Waals surface area contributed by atoms with E-state index in [-0.39, 0.29) is 6.10 Å². The van der Waals surface area contributed by atoms with Crippen molar-refractivity contribution < 1.29 is 9.47 Å². The van der Waals surface area contributed by atoms with Gasteiger partial charge in [0.1, 0.15) is 11.9 Å². The Morgan fingerprint density at radius 1 is 1.23 bits per heavy atom. The zero-order valence-electron chi connectivity index (χ0n) is 17.7. The van der Waals surface area contributed by atoms with Gasteiger partial charge in [-0.15, -0.1) is 0 Å². The van der Waals surface area contributed by atoms with Crippen LogP contribution < -0.4 is 4.74 Å². The number of aromatic nitrogens is 4. The predicted octanol–water partition coefficient (Wildman–Crippen LogP) is 3.31. The molecule has 1 atom stereocenters. The van der Waals surface area contributed by atoms with Crippen molar-refractivity contribution in [3.8, 4) is 5.75 Å². The molecule has 0 radical (unpaired) electrons. The Labute approximate surface area is 182 Å². The molecule has 1 aliphatic heterocycles. The average Bonchev–Trinajstić information content (AvgIpc) is 3.25. The number of aryl methyl sites for hydroxylation is 3. The van der Waals surface area contributed by atoms with Gasteiger partial charge in [0.15, 0.2) is 0 Å². The zero-order chi connectivity index (χ0) is 21.1. The van der Waals surface area contributed by atoms with Crippen molar-refractivity contribution in [1.29, 1.82) is 0 Å². The van der Waals surface area contributed by atoms with Crippen LogP contribution >= 0.6 is 11.6 Å². The molecule has 1 saturated heterocycles. The van der Waals surface area contributed by atoms with Crippen molar-refractivity contribution in [2.24, 2.45) is 14.1 Å². The van der Waals surface area contributed by atoms with Crippen LogP contribution in [-0.2, 0) is 31.8 Å². The molecule has 1 aromatic carbocycles. The van der Waals surface area contributed by atoms with Crippen molar-refractivity contribution in [2.75, 3.05) is 26.3 Å². The first-order valence-corrected chi connectivity index (χ1v) is 10.6. The molecule has 0 bridgehead atoms. The summed E-state index contributed by atoms with van der Waals surface area (Å²) < 4.78 is 15.7. The van der Waals surface area contributed by atoms with Gasteiger partial charge in [-0.1, -0.05) is 23.7 Å². The fourth-order valence-electron chi connectivity index (χ4n) is 3.82. The highest BCUT2D eigenvalue weighted by Crippen LogP contribution is 2.25. The van der Waals surface area contributed by atoms with Gasteiger partial charge in [0, 0.05) is 57.6 Å². The lowest BCUT2D eigenvalue weighted by Gasteiger charge is -2.31.